The molecule has 2 fully saturated rings. The number of carbonyl (C=O) groups is 3. The maximum atomic E-state index is 13.2. The topological polar surface area (TPSA) is 113 Å². The zero-order valence-corrected chi connectivity index (χ0v) is 20.7. The number of aliphatic hydroxyl groups excluding tert-OH is 1. The van der Waals surface area contributed by atoms with Gasteiger partial charge in [0.15, 0.2) is 17.9 Å². The van der Waals surface area contributed by atoms with Gasteiger partial charge in [0.1, 0.15) is 0 Å². The third-order valence-corrected chi connectivity index (χ3v) is 6.47. The second kappa shape index (κ2) is 12.0. The molecule has 194 valence electrons. The summed E-state index contributed by atoms with van der Waals surface area (Å²) in [6, 6.07) is 12.0. The Kier molecular flexibility index (Phi) is 8.50. The number of aliphatic hydroxyl groups is 1. The van der Waals surface area contributed by atoms with E-state index in [1.807, 2.05) is 13.0 Å². The lowest BCUT2D eigenvalue weighted by molar-refractivity contribution is -0.150. The number of amides is 3. The van der Waals surface area contributed by atoms with Crippen molar-refractivity contribution in [3.8, 4) is 0 Å². The van der Waals surface area contributed by atoms with Crippen LogP contribution in [0.4, 0.5) is 17.1 Å². The summed E-state index contributed by atoms with van der Waals surface area (Å²) >= 11 is 0. The van der Waals surface area contributed by atoms with Crippen LogP contribution in [0.5, 0.6) is 0 Å². The lowest BCUT2D eigenvalue weighted by Crippen LogP contribution is -2.55. The van der Waals surface area contributed by atoms with Crippen molar-refractivity contribution in [2.24, 2.45) is 0 Å². The molecular formula is C27H30N4O6. The molecule has 2 atom stereocenters. The van der Waals surface area contributed by atoms with E-state index in [-0.39, 0.29) is 25.5 Å². The molecule has 0 radical (unpaired) electrons. The van der Waals surface area contributed by atoms with Gasteiger partial charge in [-0.05, 0) is 41.8 Å². The van der Waals surface area contributed by atoms with Crippen molar-refractivity contribution < 1.29 is 29.0 Å². The van der Waals surface area contributed by atoms with Crippen LogP contribution in [-0.4, -0.2) is 79.4 Å². The summed E-state index contributed by atoms with van der Waals surface area (Å²) in [4.78, 5) is 45.3. The molecule has 2 heterocycles. The fourth-order valence-corrected chi connectivity index (χ4v) is 4.43. The Balaban J connectivity index is 1.42. The molecule has 3 amide bonds. The molecule has 0 aromatic heterocycles. The van der Waals surface area contributed by atoms with Crippen molar-refractivity contribution in [3.05, 3.63) is 65.0 Å². The fourth-order valence-electron chi connectivity index (χ4n) is 4.43. The maximum absolute atomic E-state index is 13.2. The van der Waals surface area contributed by atoms with E-state index < -0.39 is 24.0 Å². The Morgan fingerprint density at radius 2 is 1.95 bits per heavy atom. The summed E-state index contributed by atoms with van der Waals surface area (Å²) in [6.45, 7) is 11.7. The Morgan fingerprint density at radius 3 is 2.68 bits per heavy atom. The van der Waals surface area contributed by atoms with Crippen LogP contribution in [0.15, 0.2) is 42.5 Å². The molecule has 2 saturated heterocycles. The molecule has 10 nitrogen and oxygen atoms in total. The van der Waals surface area contributed by atoms with Crippen molar-refractivity contribution in [1.82, 2.24) is 4.90 Å². The fraction of sp³-hybridized carbons (Fsp3) is 0.407. The van der Waals surface area contributed by atoms with Gasteiger partial charge in [-0.3, -0.25) is 14.4 Å². The van der Waals surface area contributed by atoms with E-state index in [0.717, 1.165) is 11.1 Å². The van der Waals surface area contributed by atoms with Crippen LogP contribution in [0.2, 0.25) is 0 Å². The van der Waals surface area contributed by atoms with Gasteiger partial charge in [-0.25, -0.2) is 4.85 Å². The minimum atomic E-state index is -1.73. The van der Waals surface area contributed by atoms with Gasteiger partial charge >= 0.3 is 0 Å². The molecular weight excluding hydrogens is 476 g/mol. The van der Waals surface area contributed by atoms with Gasteiger partial charge < -0.3 is 29.7 Å². The van der Waals surface area contributed by atoms with Crippen molar-refractivity contribution >= 4 is 34.8 Å². The summed E-state index contributed by atoms with van der Waals surface area (Å²) in [5, 5.41) is 13.3. The Bertz CT molecular complexity index is 1200. The minimum Gasteiger partial charge on any atom is -0.380 e. The lowest BCUT2D eigenvalue weighted by atomic mass is 10.1. The number of nitrogens with one attached hydrogen (secondary N) is 1. The van der Waals surface area contributed by atoms with Gasteiger partial charge in [0.05, 0.1) is 32.8 Å². The Hall–Kier alpha value is -3.78. The minimum absolute atomic E-state index is 0.00520. The molecule has 4 rings (SSSR count). The van der Waals surface area contributed by atoms with Gasteiger partial charge in [-0.2, -0.15) is 0 Å². The van der Waals surface area contributed by atoms with Crippen molar-refractivity contribution in [1.29, 1.82) is 0 Å². The first-order valence-electron chi connectivity index (χ1n) is 12.3. The smallest absolute Gasteiger partial charge is 0.259 e. The zero-order chi connectivity index (χ0) is 26.4. The average molecular weight is 507 g/mol. The predicted octanol–water partition coefficient (Wildman–Crippen LogP) is 1.93. The molecule has 2 aliphatic rings. The molecule has 37 heavy (non-hydrogen) atoms. The SMILES string of the molecule is [C-]#[N+]c1ccc(NC(=O)[C@H](O)[C@H]2OCCN(c3cccc(CC(=O)N4CCOCC4)c3)C2=O)cc1CC. The van der Waals surface area contributed by atoms with Crippen molar-refractivity contribution in [2.45, 2.75) is 32.0 Å². The van der Waals surface area contributed by atoms with E-state index in [2.05, 4.69) is 10.2 Å². The van der Waals surface area contributed by atoms with Crippen LogP contribution >= 0.6 is 0 Å². The van der Waals surface area contributed by atoms with Gasteiger partial charge in [0.2, 0.25) is 5.91 Å². The van der Waals surface area contributed by atoms with Crippen LogP contribution < -0.4 is 10.2 Å². The number of hydrogen-bond donors (Lipinski definition) is 2. The third kappa shape index (κ3) is 6.14. The summed E-state index contributed by atoms with van der Waals surface area (Å²) in [7, 11) is 0. The zero-order valence-electron chi connectivity index (χ0n) is 20.7. The Labute approximate surface area is 215 Å². The molecule has 10 heteroatoms. The van der Waals surface area contributed by atoms with E-state index in [1.54, 1.807) is 41.3 Å². The first-order valence-corrected chi connectivity index (χ1v) is 12.3. The molecule has 2 N–H and O–H groups in total. The number of hydrogen-bond acceptors (Lipinski definition) is 6. The number of nitrogens with zero attached hydrogens (tertiary/aromatic N) is 3. The van der Waals surface area contributed by atoms with Crippen LogP contribution in [0.3, 0.4) is 0 Å². The number of morpholine rings is 2. The molecule has 0 bridgehead atoms. The molecule has 2 aliphatic heterocycles. The molecule has 0 aliphatic carbocycles. The van der Waals surface area contributed by atoms with Crippen molar-refractivity contribution in [3.63, 3.8) is 0 Å². The number of benzene rings is 2. The maximum Gasteiger partial charge on any atom is 0.259 e. The quantitative estimate of drug-likeness (QED) is 0.555. The number of ether oxygens (including phenoxy) is 2. The standard InChI is InChI=1S/C27H30N4O6/c1-3-19-17-20(7-8-22(19)28-2)29-26(34)24(33)25-27(35)31(11-14-37-25)21-6-4-5-18(15-21)16-23(32)30-9-12-36-13-10-30/h4-8,15,17,24-25,33H,3,9-14,16H2,1H3,(H,29,34)/t24-,25-/m1/s1. The van der Waals surface area contributed by atoms with E-state index in [4.69, 9.17) is 16.0 Å². The summed E-state index contributed by atoms with van der Waals surface area (Å²) < 4.78 is 10.8. The van der Waals surface area contributed by atoms with Crippen LogP contribution in [-0.2, 0) is 36.7 Å². The monoisotopic (exact) mass is 506 g/mol. The van der Waals surface area contributed by atoms with E-state index >= 15 is 0 Å². The first kappa shape index (κ1) is 26.3. The highest BCUT2D eigenvalue weighted by atomic mass is 16.5. The first-order chi connectivity index (χ1) is 17.9. The number of anilines is 2. The van der Waals surface area contributed by atoms with Gasteiger partial charge in [0.25, 0.3) is 11.8 Å². The summed E-state index contributed by atoms with van der Waals surface area (Å²) in [6.07, 6.45) is -2.29. The molecule has 2 aromatic carbocycles. The second-order valence-corrected chi connectivity index (χ2v) is 8.86. The van der Waals surface area contributed by atoms with Crippen LogP contribution in [0.1, 0.15) is 18.1 Å². The highest BCUT2D eigenvalue weighted by Crippen LogP contribution is 2.25. The molecule has 0 saturated carbocycles. The lowest BCUT2D eigenvalue weighted by Gasteiger charge is -2.34. The highest BCUT2D eigenvalue weighted by molar-refractivity contribution is 6.04. The van der Waals surface area contributed by atoms with E-state index in [1.165, 1.54) is 4.90 Å². The average Bonchev–Trinajstić information content (AvgIpc) is 2.93. The van der Waals surface area contributed by atoms with Gasteiger partial charge in [0, 0.05) is 31.0 Å². The van der Waals surface area contributed by atoms with Crippen LogP contribution in [0.25, 0.3) is 4.85 Å². The molecule has 0 unspecified atom stereocenters. The normalized spacial score (nSPS) is 18.7. The summed E-state index contributed by atoms with van der Waals surface area (Å²) in [5.41, 5.74) is 3.02. The molecule has 2 aromatic rings. The van der Waals surface area contributed by atoms with Crippen LogP contribution in [0, 0.1) is 6.57 Å². The van der Waals surface area contributed by atoms with Gasteiger partial charge in [-0.1, -0.05) is 25.1 Å². The Morgan fingerprint density at radius 1 is 1.16 bits per heavy atom. The van der Waals surface area contributed by atoms with E-state index in [0.29, 0.717) is 49.8 Å². The third-order valence-electron chi connectivity index (χ3n) is 6.47. The second-order valence-electron chi connectivity index (χ2n) is 8.86. The largest absolute Gasteiger partial charge is 0.380 e. The van der Waals surface area contributed by atoms with Gasteiger partial charge in [-0.15, -0.1) is 0 Å². The molecule has 0 spiro atoms. The number of rotatable bonds is 7. The number of aryl methyl sites for hydroxylation is 1. The van der Waals surface area contributed by atoms with Crippen molar-refractivity contribution in [2.75, 3.05) is 49.7 Å². The van der Waals surface area contributed by atoms with E-state index in [9.17, 15) is 19.5 Å². The summed E-state index contributed by atoms with van der Waals surface area (Å²) in [5.74, 6) is -1.32. The number of carbonyl (C=O) groups excluding carboxylic acids is 3. The highest BCUT2D eigenvalue weighted by Gasteiger charge is 2.39. The predicted molar refractivity (Wildman–Crippen MR) is 136 cm³/mol.